The maximum absolute atomic E-state index is 11.8. The molecule has 0 fully saturated rings. The first-order valence-corrected chi connectivity index (χ1v) is 6.76. The Labute approximate surface area is 119 Å². The van der Waals surface area contributed by atoms with Crippen molar-refractivity contribution in [2.45, 2.75) is 20.0 Å². The predicted molar refractivity (Wildman–Crippen MR) is 81.4 cm³/mol. The summed E-state index contributed by atoms with van der Waals surface area (Å²) in [5.74, 6) is 0.884. The molecule has 0 aliphatic carbocycles. The topological polar surface area (TPSA) is 38.3 Å². The van der Waals surface area contributed by atoms with Gasteiger partial charge in [0.25, 0.3) is 0 Å². The number of rotatable bonds is 6. The van der Waals surface area contributed by atoms with Gasteiger partial charge in [-0.1, -0.05) is 37.3 Å². The molecule has 2 rings (SSSR count). The highest BCUT2D eigenvalue weighted by atomic mass is 16.5. The van der Waals surface area contributed by atoms with Crippen LogP contribution in [0.15, 0.2) is 48.5 Å². The van der Waals surface area contributed by atoms with Crippen LogP contribution >= 0.6 is 0 Å². The van der Waals surface area contributed by atoms with Gasteiger partial charge in [0, 0.05) is 30.8 Å². The van der Waals surface area contributed by atoms with Crippen LogP contribution < -0.4 is 10.1 Å². The fourth-order valence-corrected chi connectivity index (χ4v) is 1.99. The minimum Gasteiger partial charge on any atom is -0.489 e. The number of benzene rings is 2. The third-order valence-electron chi connectivity index (χ3n) is 3.13. The molecule has 0 heterocycles. The van der Waals surface area contributed by atoms with Gasteiger partial charge in [-0.2, -0.15) is 0 Å². The number of hydrogen-bond donors (Lipinski definition) is 1. The van der Waals surface area contributed by atoms with E-state index in [1.807, 2.05) is 62.5 Å². The molecule has 0 bridgehead atoms. The van der Waals surface area contributed by atoms with Crippen LogP contribution in [0, 0.1) is 0 Å². The Kier molecular flexibility index (Phi) is 4.77. The zero-order valence-electron chi connectivity index (χ0n) is 11.8. The van der Waals surface area contributed by atoms with Crippen LogP contribution in [0.5, 0.6) is 5.75 Å². The van der Waals surface area contributed by atoms with Crippen LogP contribution in [0.3, 0.4) is 0 Å². The lowest BCUT2D eigenvalue weighted by atomic mass is 10.1. The maximum Gasteiger partial charge on any atom is 0.164 e. The smallest absolute Gasteiger partial charge is 0.164 e. The van der Waals surface area contributed by atoms with Crippen LogP contribution in [0.25, 0.3) is 0 Å². The third kappa shape index (κ3) is 3.38. The van der Waals surface area contributed by atoms with Crippen molar-refractivity contribution >= 4 is 11.5 Å². The van der Waals surface area contributed by atoms with Gasteiger partial charge in [0.1, 0.15) is 12.4 Å². The van der Waals surface area contributed by atoms with Gasteiger partial charge in [0.2, 0.25) is 0 Å². The van der Waals surface area contributed by atoms with E-state index in [0.717, 1.165) is 17.0 Å². The van der Waals surface area contributed by atoms with Crippen LogP contribution in [0.2, 0.25) is 0 Å². The van der Waals surface area contributed by atoms with Crippen LogP contribution in [0.1, 0.15) is 29.3 Å². The van der Waals surface area contributed by atoms with Crippen molar-refractivity contribution in [1.82, 2.24) is 0 Å². The normalized spacial score (nSPS) is 10.1. The van der Waals surface area contributed by atoms with E-state index in [0.29, 0.717) is 18.6 Å². The number of carbonyl (C=O) groups excluding carboxylic acids is 1. The zero-order valence-corrected chi connectivity index (χ0v) is 11.8. The highest BCUT2D eigenvalue weighted by molar-refractivity contribution is 6.01. The molecule has 0 spiro atoms. The maximum atomic E-state index is 11.8. The van der Waals surface area contributed by atoms with Crippen molar-refractivity contribution in [3.05, 3.63) is 59.7 Å². The van der Waals surface area contributed by atoms with Gasteiger partial charge in [0.15, 0.2) is 5.78 Å². The Balaban J connectivity index is 2.12. The van der Waals surface area contributed by atoms with Gasteiger partial charge in [-0.25, -0.2) is 0 Å². The van der Waals surface area contributed by atoms with E-state index in [2.05, 4.69) is 5.32 Å². The molecule has 0 aromatic heterocycles. The van der Waals surface area contributed by atoms with Gasteiger partial charge >= 0.3 is 0 Å². The third-order valence-corrected chi connectivity index (χ3v) is 3.13. The Bertz CT molecular complexity index is 579. The number of carbonyl (C=O) groups is 1. The number of hydrogen-bond acceptors (Lipinski definition) is 3. The number of Topliss-reactive ketones (excluding diaryl/α,β-unsaturated/α-hetero) is 1. The van der Waals surface area contributed by atoms with Gasteiger partial charge < -0.3 is 10.1 Å². The quantitative estimate of drug-likeness (QED) is 0.808. The van der Waals surface area contributed by atoms with E-state index in [1.54, 1.807) is 0 Å². The fourth-order valence-electron chi connectivity index (χ4n) is 1.99. The number of ether oxygens (including phenoxy) is 1. The van der Waals surface area contributed by atoms with E-state index >= 15 is 0 Å². The monoisotopic (exact) mass is 269 g/mol. The molecular formula is C17H19NO2. The Morgan fingerprint density at radius 3 is 2.55 bits per heavy atom. The molecule has 0 unspecified atom stereocenters. The van der Waals surface area contributed by atoms with E-state index < -0.39 is 0 Å². The molecule has 2 aromatic rings. The number of anilines is 1. The molecule has 0 saturated heterocycles. The lowest BCUT2D eigenvalue weighted by molar-refractivity contribution is 0.0989. The van der Waals surface area contributed by atoms with E-state index in [-0.39, 0.29) is 5.78 Å². The number of ketones is 1. The molecule has 0 atom stereocenters. The molecule has 3 nitrogen and oxygen atoms in total. The predicted octanol–water partition coefficient (Wildman–Crippen LogP) is 3.90. The molecule has 104 valence electrons. The van der Waals surface area contributed by atoms with Crippen molar-refractivity contribution in [3.8, 4) is 5.75 Å². The van der Waals surface area contributed by atoms with Crippen LogP contribution in [0.4, 0.5) is 5.69 Å². The van der Waals surface area contributed by atoms with Crippen molar-refractivity contribution in [2.24, 2.45) is 0 Å². The molecule has 0 aliphatic heterocycles. The second-order valence-corrected chi connectivity index (χ2v) is 4.51. The lowest BCUT2D eigenvalue weighted by Gasteiger charge is -2.11. The van der Waals surface area contributed by atoms with Crippen LogP contribution in [-0.4, -0.2) is 12.8 Å². The van der Waals surface area contributed by atoms with Gasteiger partial charge in [-0.15, -0.1) is 0 Å². The minimum atomic E-state index is 0.129. The first-order valence-electron chi connectivity index (χ1n) is 6.76. The van der Waals surface area contributed by atoms with Crippen molar-refractivity contribution in [3.63, 3.8) is 0 Å². The highest BCUT2D eigenvalue weighted by Gasteiger charge is 2.09. The van der Waals surface area contributed by atoms with Crippen LogP contribution in [-0.2, 0) is 6.61 Å². The molecular weight excluding hydrogens is 250 g/mol. The molecule has 0 radical (unpaired) electrons. The molecule has 0 aliphatic rings. The first-order chi connectivity index (χ1) is 9.74. The van der Waals surface area contributed by atoms with Crippen molar-refractivity contribution in [2.75, 3.05) is 12.4 Å². The van der Waals surface area contributed by atoms with E-state index in [1.165, 1.54) is 0 Å². The Morgan fingerprint density at radius 2 is 1.90 bits per heavy atom. The average molecular weight is 269 g/mol. The van der Waals surface area contributed by atoms with Gasteiger partial charge in [-0.05, 0) is 17.7 Å². The van der Waals surface area contributed by atoms with Crippen molar-refractivity contribution < 1.29 is 9.53 Å². The van der Waals surface area contributed by atoms with Gasteiger partial charge in [-0.3, -0.25) is 4.79 Å². The second kappa shape index (κ2) is 6.75. The fraction of sp³-hybridized carbons (Fsp3) is 0.235. The molecule has 1 N–H and O–H groups in total. The first kappa shape index (κ1) is 14.1. The molecule has 0 saturated carbocycles. The SMILES string of the molecule is CCC(=O)c1ccc(OCc2ccccc2)cc1NC. The minimum absolute atomic E-state index is 0.129. The highest BCUT2D eigenvalue weighted by Crippen LogP contribution is 2.24. The molecule has 0 amide bonds. The zero-order chi connectivity index (χ0) is 14.4. The standard InChI is InChI=1S/C17H19NO2/c1-3-17(19)15-10-9-14(11-16(15)18-2)20-12-13-7-5-4-6-8-13/h4-11,18H,3,12H2,1-2H3. The lowest BCUT2D eigenvalue weighted by Crippen LogP contribution is -2.03. The summed E-state index contributed by atoms with van der Waals surface area (Å²) in [5.41, 5.74) is 2.64. The molecule has 20 heavy (non-hydrogen) atoms. The summed E-state index contributed by atoms with van der Waals surface area (Å²) in [4.78, 5) is 11.8. The van der Waals surface area contributed by atoms with E-state index in [4.69, 9.17) is 4.74 Å². The second-order valence-electron chi connectivity index (χ2n) is 4.51. The number of nitrogens with one attached hydrogen (secondary N) is 1. The summed E-state index contributed by atoms with van der Waals surface area (Å²) < 4.78 is 5.75. The molecule has 3 heteroatoms. The Morgan fingerprint density at radius 1 is 1.15 bits per heavy atom. The summed E-state index contributed by atoms with van der Waals surface area (Å²) in [5, 5.41) is 3.05. The summed E-state index contributed by atoms with van der Waals surface area (Å²) in [7, 11) is 1.81. The van der Waals surface area contributed by atoms with Crippen molar-refractivity contribution in [1.29, 1.82) is 0 Å². The average Bonchev–Trinajstić information content (AvgIpc) is 2.52. The summed E-state index contributed by atoms with van der Waals surface area (Å²) in [6, 6.07) is 15.5. The summed E-state index contributed by atoms with van der Waals surface area (Å²) in [6.07, 6.45) is 0.499. The van der Waals surface area contributed by atoms with E-state index in [9.17, 15) is 4.79 Å². The summed E-state index contributed by atoms with van der Waals surface area (Å²) >= 11 is 0. The van der Waals surface area contributed by atoms with Gasteiger partial charge in [0.05, 0.1) is 0 Å². The largest absolute Gasteiger partial charge is 0.489 e. The Hall–Kier alpha value is -2.29. The summed E-state index contributed by atoms with van der Waals surface area (Å²) in [6.45, 7) is 2.38. The molecule has 2 aromatic carbocycles.